The highest BCUT2D eigenvalue weighted by molar-refractivity contribution is 7.09. The summed E-state index contributed by atoms with van der Waals surface area (Å²) in [6.07, 6.45) is 3.90. The third-order valence-electron chi connectivity index (χ3n) is 4.32. The van der Waals surface area contributed by atoms with Crippen LogP contribution in [0.4, 0.5) is 0 Å². The van der Waals surface area contributed by atoms with Gasteiger partial charge in [-0.15, -0.1) is 11.3 Å². The molecule has 0 radical (unpaired) electrons. The first-order valence-electron chi connectivity index (χ1n) is 8.56. The van der Waals surface area contributed by atoms with E-state index in [-0.39, 0.29) is 11.5 Å². The summed E-state index contributed by atoms with van der Waals surface area (Å²) in [5, 5.41) is 2.73. The van der Waals surface area contributed by atoms with Crippen LogP contribution < -0.4 is 5.63 Å². The van der Waals surface area contributed by atoms with Crippen molar-refractivity contribution in [3.8, 4) is 0 Å². The van der Waals surface area contributed by atoms with Crippen molar-refractivity contribution in [3.05, 3.63) is 92.9 Å². The minimum absolute atomic E-state index is 0.0448. The standard InChI is InChI=1S/C21H17NO4S/c23-20(18-12-16-4-1-2-6-19(16)26-21(18)24)22(13-15-8-10-25-14-15)9-7-17-5-3-11-27-17/h1-6,8,10-12,14H,7,9,13H2. The molecule has 0 aliphatic rings. The van der Waals surface area contributed by atoms with Crippen LogP contribution in [0, 0.1) is 0 Å². The van der Waals surface area contributed by atoms with E-state index in [4.69, 9.17) is 8.83 Å². The zero-order chi connectivity index (χ0) is 18.6. The Morgan fingerprint density at radius 1 is 1.11 bits per heavy atom. The van der Waals surface area contributed by atoms with Crippen LogP contribution in [0.25, 0.3) is 11.0 Å². The Bertz CT molecular complexity index is 1100. The van der Waals surface area contributed by atoms with Crippen molar-refractivity contribution < 1.29 is 13.6 Å². The Labute approximate surface area is 159 Å². The van der Waals surface area contributed by atoms with Gasteiger partial charge >= 0.3 is 5.63 Å². The number of fused-ring (bicyclic) bond motifs is 1. The highest BCUT2D eigenvalue weighted by Crippen LogP contribution is 2.17. The van der Waals surface area contributed by atoms with Gasteiger partial charge in [0, 0.05) is 28.9 Å². The number of thiophene rings is 1. The first-order chi connectivity index (χ1) is 13.2. The molecule has 1 aromatic carbocycles. The highest BCUT2D eigenvalue weighted by atomic mass is 32.1. The molecule has 5 nitrogen and oxygen atoms in total. The topological polar surface area (TPSA) is 63.7 Å². The fourth-order valence-electron chi connectivity index (χ4n) is 2.94. The van der Waals surface area contributed by atoms with Crippen LogP contribution in [0.2, 0.25) is 0 Å². The molecule has 0 unspecified atom stereocenters. The number of rotatable bonds is 6. The van der Waals surface area contributed by atoms with E-state index in [0.717, 1.165) is 17.4 Å². The van der Waals surface area contributed by atoms with Crippen LogP contribution in [-0.4, -0.2) is 17.4 Å². The number of para-hydroxylation sites is 1. The number of benzene rings is 1. The van der Waals surface area contributed by atoms with E-state index >= 15 is 0 Å². The second-order valence-corrected chi connectivity index (χ2v) is 7.21. The monoisotopic (exact) mass is 379 g/mol. The summed E-state index contributed by atoms with van der Waals surface area (Å²) in [5.41, 5.74) is 0.772. The number of furan rings is 1. The van der Waals surface area contributed by atoms with Crippen LogP contribution in [0.5, 0.6) is 0 Å². The molecule has 136 valence electrons. The Balaban J connectivity index is 1.64. The van der Waals surface area contributed by atoms with Gasteiger partial charge in [-0.05, 0) is 36.1 Å². The van der Waals surface area contributed by atoms with Gasteiger partial charge in [-0.2, -0.15) is 0 Å². The largest absolute Gasteiger partial charge is 0.472 e. The Morgan fingerprint density at radius 3 is 2.78 bits per heavy atom. The minimum Gasteiger partial charge on any atom is -0.472 e. The van der Waals surface area contributed by atoms with Crippen molar-refractivity contribution in [2.75, 3.05) is 6.54 Å². The van der Waals surface area contributed by atoms with Gasteiger partial charge in [0.2, 0.25) is 0 Å². The average molecular weight is 379 g/mol. The van der Waals surface area contributed by atoms with E-state index in [1.165, 1.54) is 4.88 Å². The molecule has 0 saturated carbocycles. The Kier molecular flexibility index (Phi) is 4.89. The van der Waals surface area contributed by atoms with Crippen LogP contribution in [0.3, 0.4) is 0 Å². The van der Waals surface area contributed by atoms with Crippen LogP contribution >= 0.6 is 11.3 Å². The molecule has 0 N–H and O–H groups in total. The zero-order valence-corrected chi connectivity index (χ0v) is 15.3. The minimum atomic E-state index is -0.619. The van der Waals surface area contributed by atoms with Crippen molar-refractivity contribution in [1.82, 2.24) is 4.90 Å². The SMILES string of the molecule is O=C(c1cc2ccccc2oc1=O)N(CCc1cccs1)Cc1ccoc1. The van der Waals surface area contributed by atoms with Crippen LogP contribution in [-0.2, 0) is 13.0 Å². The van der Waals surface area contributed by atoms with E-state index in [1.54, 1.807) is 47.0 Å². The maximum absolute atomic E-state index is 13.1. The van der Waals surface area contributed by atoms with Crippen molar-refractivity contribution in [2.45, 2.75) is 13.0 Å². The third-order valence-corrected chi connectivity index (χ3v) is 5.26. The fraction of sp³-hybridized carbons (Fsp3) is 0.143. The second kappa shape index (κ2) is 7.63. The summed E-state index contributed by atoms with van der Waals surface area (Å²) in [7, 11) is 0. The summed E-state index contributed by atoms with van der Waals surface area (Å²) < 4.78 is 10.4. The van der Waals surface area contributed by atoms with Crippen molar-refractivity contribution in [1.29, 1.82) is 0 Å². The molecule has 0 aliphatic heterocycles. The molecule has 3 aromatic heterocycles. The maximum atomic E-state index is 13.1. The van der Waals surface area contributed by atoms with Gasteiger partial charge in [0.05, 0.1) is 12.5 Å². The average Bonchev–Trinajstić information content (AvgIpc) is 3.38. The first kappa shape index (κ1) is 17.3. The van der Waals surface area contributed by atoms with E-state index in [1.807, 2.05) is 35.7 Å². The van der Waals surface area contributed by atoms with E-state index in [2.05, 4.69) is 0 Å². The van der Waals surface area contributed by atoms with Crippen molar-refractivity contribution in [3.63, 3.8) is 0 Å². The smallest absolute Gasteiger partial charge is 0.349 e. The number of carbonyl (C=O) groups is 1. The number of carbonyl (C=O) groups excluding carboxylic acids is 1. The third kappa shape index (κ3) is 3.85. The lowest BCUT2D eigenvalue weighted by Crippen LogP contribution is -2.35. The Hall–Kier alpha value is -3.12. The van der Waals surface area contributed by atoms with E-state index in [9.17, 15) is 9.59 Å². The quantitative estimate of drug-likeness (QED) is 0.468. The summed E-state index contributed by atoms with van der Waals surface area (Å²) in [6, 6.07) is 14.6. The molecule has 0 aliphatic carbocycles. The molecule has 6 heteroatoms. The molecule has 0 fully saturated rings. The molecular formula is C21H17NO4S. The molecule has 0 spiro atoms. The van der Waals surface area contributed by atoms with Crippen LogP contribution in [0.1, 0.15) is 20.8 Å². The zero-order valence-electron chi connectivity index (χ0n) is 14.5. The lowest BCUT2D eigenvalue weighted by Gasteiger charge is -2.21. The molecule has 0 atom stereocenters. The normalized spacial score (nSPS) is 11.0. The molecular weight excluding hydrogens is 362 g/mol. The lowest BCUT2D eigenvalue weighted by molar-refractivity contribution is 0.0741. The van der Waals surface area contributed by atoms with Gasteiger partial charge in [0.1, 0.15) is 11.1 Å². The van der Waals surface area contributed by atoms with Gasteiger partial charge in [0.15, 0.2) is 0 Å². The van der Waals surface area contributed by atoms with Crippen molar-refractivity contribution in [2.24, 2.45) is 0 Å². The maximum Gasteiger partial charge on any atom is 0.349 e. The second-order valence-electron chi connectivity index (χ2n) is 6.17. The predicted molar refractivity (Wildman–Crippen MR) is 104 cm³/mol. The van der Waals surface area contributed by atoms with Gasteiger partial charge in [-0.1, -0.05) is 24.3 Å². The van der Waals surface area contributed by atoms with Crippen LogP contribution in [0.15, 0.2) is 80.1 Å². The van der Waals surface area contributed by atoms with Gasteiger partial charge < -0.3 is 13.7 Å². The summed E-state index contributed by atoms with van der Waals surface area (Å²) in [4.78, 5) is 28.4. The first-order valence-corrected chi connectivity index (χ1v) is 9.44. The summed E-state index contributed by atoms with van der Waals surface area (Å²) in [6.45, 7) is 0.865. The highest BCUT2D eigenvalue weighted by Gasteiger charge is 2.21. The van der Waals surface area contributed by atoms with Gasteiger partial charge in [-0.3, -0.25) is 4.79 Å². The summed E-state index contributed by atoms with van der Waals surface area (Å²) >= 11 is 1.65. The van der Waals surface area contributed by atoms with E-state index < -0.39 is 5.63 Å². The summed E-state index contributed by atoms with van der Waals surface area (Å²) in [5.74, 6) is -0.341. The molecule has 4 rings (SSSR count). The number of hydrogen-bond donors (Lipinski definition) is 0. The predicted octanol–water partition coefficient (Wildman–Crippen LogP) is 4.33. The number of nitrogens with zero attached hydrogens (tertiary/aromatic N) is 1. The van der Waals surface area contributed by atoms with E-state index in [0.29, 0.717) is 18.7 Å². The molecule has 4 aromatic rings. The number of amides is 1. The number of hydrogen-bond acceptors (Lipinski definition) is 5. The molecule has 0 saturated heterocycles. The molecule has 0 bridgehead atoms. The molecule has 3 heterocycles. The van der Waals surface area contributed by atoms with Crippen molar-refractivity contribution >= 4 is 28.2 Å². The molecule has 27 heavy (non-hydrogen) atoms. The van der Waals surface area contributed by atoms with Gasteiger partial charge in [-0.25, -0.2) is 4.79 Å². The fourth-order valence-corrected chi connectivity index (χ4v) is 3.63. The molecule has 1 amide bonds. The lowest BCUT2D eigenvalue weighted by atomic mass is 10.1. The van der Waals surface area contributed by atoms with Gasteiger partial charge in [0.25, 0.3) is 5.91 Å². The Morgan fingerprint density at radius 2 is 2.00 bits per heavy atom.